The van der Waals surface area contributed by atoms with Crippen LogP contribution >= 0.6 is 23.8 Å². The van der Waals surface area contributed by atoms with Gasteiger partial charge in [-0.3, -0.25) is 0 Å². The van der Waals surface area contributed by atoms with Crippen LogP contribution in [0.1, 0.15) is 0 Å². The molecule has 0 bridgehead atoms. The molecule has 2 rings (SSSR count). The molecule has 0 atom stereocenters. The molecule has 84 valence electrons. The number of hydrogen-bond acceptors (Lipinski definition) is 3. The van der Waals surface area contributed by atoms with Crippen molar-refractivity contribution in [3.05, 3.63) is 53.6 Å². The highest BCUT2D eigenvalue weighted by atomic mass is 35.5. The predicted octanol–water partition coefficient (Wildman–Crippen LogP) is 4.87. The van der Waals surface area contributed by atoms with Gasteiger partial charge in [-0.05, 0) is 60.7 Å². The predicted molar refractivity (Wildman–Crippen MR) is 72.7 cm³/mol. The van der Waals surface area contributed by atoms with E-state index >= 15 is 0 Å². The molecule has 4 heteroatoms. The molecule has 0 N–H and O–H groups in total. The molecule has 0 amide bonds. The van der Waals surface area contributed by atoms with Crippen molar-refractivity contribution in [1.29, 1.82) is 0 Å². The lowest BCUT2D eigenvalue weighted by Crippen LogP contribution is -1.82. The molecular formula is C13H8ClNOS. The highest BCUT2D eigenvalue weighted by molar-refractivity contribution is 7.78. The summed E-state index contributed by atoms with van der Waals surface area (Å²) >= 11 is 10.3. The number of rotatable bonds is 3. The minimum absolute atomic E-state index is 0.683. The van der Waals surface area contributed by atoms with Crippen LogP contribution in [0.25, 0.3) is 0 Å². The van der Waals surface area contributed by atoms with Crippen LogP contribution in [0.5, 0.6) is 11.5 Å². The Kier molecular flexibility index (Phi) is 3.89. The summed E-state index contributed by atoms with van der Waals surface area (Å²) in [5.41, 5.74) is 0.753. The molecule has 0 aromatic heterocycles. The lowest BCUT2D eigenvalue weighted by atomic mass is 10.3. The van der Waals surface area contributed by atoms with Crippen LogP contribution in [0.15, 0.2) is 53.5 Å². The van der Waals surface area contributed by atoms with Crippen molar-refractivity contribution in [3.8, 4) is 11.5 Å². The van der Waals surface area contributed by atoms with Crippen molar-refractivity contribution in [1.82, 2.24) is 0 Å². The van der Waals surface area contributed by atoms with Gasteiger partial charge in [-0.25, -0.2) is 0 Å². The van der Waals surface area contributed by atoms with E-state index in [1.54, 1.807) is 12.1 Å². The van der Waals surface area contributed by atoms with Gasteiger partial charge in [0.1, 0.15) is 11.5 Å². The van der Waals surface area contributed by atoms with E-state index in [0.717, 1.165) is 17.2 Å². The van der Waals surface area contributed by atoms with E-state index < -0.39 is 0 Å². The van der Waals surface area contributed by atoms with Crippen LogP contribution in [-0.4, -0.2) is 5.16 Å². The Morgan fingerprint density at radius 2 is 1.47 bits per heavy atom. The van der Waals surface area contributed by atoms with Crippen LogP contribution in [0, 0.1) is 0 Å². The smallest absolute Gasteiger partial charge is 0.127 e. The van der Waals surface area contributed by atoms with E-state index in [0.29, 0.717) is 5.02 Å². The summed E-state index contributed by atoms with van der Waals surface area (Å²) in [6, 6.07) is 14.4. The Labute approximate surface area is 110 Å². The number of benzene rings is 2. The maximum absolute atomic E-state index is 5.79. The first-order valence-electron chi connectivity index (χ1n) is 4.89. The molecule has 0 radical (unpaired) electrons. The average Bonchev–Trinajstić information content (AvgIpc) is 2.35. The number of isothiocyanates is 1. The molecule has 0 fully saturated rings. The van der Waals surface area contributed by atoms with Gasteiger partial charge in [-0.1, -0.05) is 11.6 Å². The van der Waals surface area contributed by atoms with Crippen LogP contribution in [0.2, 0.25) is 5.02 Å². The van der Waals surface area contributed by atoms with Gasteiger partial charge in [-0.15, -0.1) is 0 Å². The number of hydrogen-bond donors (Lipinski definition) is 0. The second-order valence-corrected chi connectivity index (χ2v) is 3.87. The zero-order chi connectivity index (χ0) is 12.1. The fraction of sp³-hybridized carbons (Fsp3) is 0. The van der Waals surface area contributed by atoms with Gasteiger partial charge in [0.25, 0.3) is 0 Å². The van der Waals surface area contributed by atoms with Gasteiger partial charge in [-0.2, -0.15) is 4.99 Å². The maximum atomic E-state index is 5.79. The summed E-state index contributed by atoms with van der Waals surface area (Å²) in [6.45, 7) is 0. The second-order valence-electron chi connectivity index (χ2n) is 3.25. The molecule has 0 aliphatic heterocycles. The molecule has 0 saturated heterocycles. The van der Waals surface area contributed by atoms with E-state index in [1.165, 1.54) is 0 Å². The lowest BCUT2D eigenvalue weighted by molar-refractivity contribution is 0.483. The Morgan fingerprint density at radius 3 is 2.00 bits per heavy atom. The fourth-order valence-electron chi connectivity index (χ4n) is 1.28. The van der Waals surface area contributed by atoms with Crippen LogP contribution < -0.4 is 4.74 Å². The zero-order valence-electron chi connectivity index (χ0n) is 8.76. The summed E-state index contributed by atoms with van der Waals surface area (Å²) in [5.74, 6) is 1.47. The maximum Gasteiger partial charge on any atom is 0.127 e. The van der Waals surface area contributed by atoms with Crippen LogP contribution in [-0.2, 0) is 0 Å². The molecule has 2 aromatic rings. The fourth-order valence-corrected chi connectivity index (χ4v) is 1.51. The minimum atomic E-state index is 0.683. The van der Waals surface area contributed by atoms with E-state index in [1.807, 2.05) is 36.4 Å². The molecular weight excluding hydrogens is 254 g/mol. The summed E-state index contributed by atoms with van der Waals surface area (Å²) in [5, 5.41) is 3.00. The first-order valence-corrected chi connectivity index (χ1v) is 5.68. The molecule has 0 aliphatic rings. The standard InChI is InChI=1S/C13H8ClNOS/c14-10-1-5-12(6-2-10)16-13-7-3-11(4-8-13)15-9-17/h1-8H. The van der Waals surface area contributed by atoms with Crippen molar-refractivity contribution in [2.45, 2.75) is 0 Å². The van der Waals surface area contributed by atoms with E-state index in [4.69, 9.17) is 16.3 Å². The molecule has 2 nitrogen and oxygen atoms in total. The Hall–Kier alpha value is -1.67. The van der Waals surface area contributed by atoms with Crippen LogP contribution in [0.4, 0.5) is 5.69 Å². The van der Waals surface area contributed by atoms with Gasteiger partial charge < -0.3 is 4.74 Å². The SMILES string of the molecule is S=C=Nc1ccc(Oc2ccc(Cl)cc2)cc1. The highest BCUT2D eigenvalue weighted by Gasteiger charge is 1.97. The quantitative estimate of drug-likeness (QED) is 0.581. The van der Waals surface area contributed by atoms with E-state index in [-0.39, 0.29) is 0 Å². The topological polar surface area (TPSA) is 21.6 Å². The number of aliphatic imine (C=N–C) groups is 1. The Morgan fingerprint density at radius 1 is 0.941 bits per heavy atom. The van der Waals surface area contributed by atoms with E-state index in [9.17, 15) is 0 Å². The largest absolute Gasteiger partial charge is 0.457 e. The van der Waals surface area contributed by atoms with Crippen molar-refractivity contribution < 1.29 is 4.74 Å². The number of ether oxygens (including phenoxy) is 1. The zero-order valence-corrected chi connectivity index (χ0v) is 10.3. The first-order chi connectivity index (χ1) is 8.28. The molecule has 0 aliphatic carbocycles. The summed E-state index contributed by atoms with van der Waals surface area (Å²) in [4.78, 5) is 3.86. The monoisotopic (exact) mass is 261 g/mol. The molecule has 0 saturated carbocycles. The van der Waals surface area contributed by atoms with Gasteiger partial charge >= 0.3 is 0 Å². The average molecular weight is 262 g/mol. The number of nitrogens with zero attached hydrogens (tertiary/aromatic N) is 1. The van der Waals surface area contributed by atoms with Crippen molar-refractivity contribution in [2.24, 2.45) is 4.99 Å². The van der Waals surface area contributed by atoms with Gasteiger partial charge in [0.05, 0.1) is 10.8 Å². The number of halogens is 1. The van der Waals surface area contributed by atoms with Gasteiger partial charge in [0.2, 0.25) is 0 Å². The van der Waals surface area contributed by atoms with Crippen molar-refractivity contribution in [3.63, 3.8) is 0 Å². The van der Waals surface area contributed by atoms with E-state index in [2.05, 4.69) is 22.4 Å². The summed E-state index contributed by atoms with van der Waals surface area (Å²) in [6.07, 6.45) is 0. The Balaban J connectivity index is 2.13. The molecule has 0 unspecified atom stereocenters. The molecule has 17 heavy (non-hydrogen) atoms. The minimum Gasteiger partial charge on any atom is -0.457 e. The van der Waals surface area contributed by atoms with Crippen molar-refractivity contribution in [2.75, 3.05) is 0 Å². The normalized spacial score (nSPS) is 9.47. The number of thiocarbonyl (C=S) groups is 1. The third-order valence-electron chi connectivity index (χ3n) is 2.06. The first kappa shape index (κ1) is 11.8. The second kappa shape index (κ2) is 5.60. The van der Waals surface area contributed by atoms with Gasteiger partial charge in [0.15, 0.2) is 0 Å². The Bertz CT molecular complexity index is 545. The molecule has 2 aromatic carbocycles. The molecule has 0 spiro atoms. The van der Waals surface area contributed by atoms with Crippen LogP contribution in [0.3, 0.4) is 0 Å². The third-order valence-corrected chi connectivity index (χ3v) is 2.40. The third kappa shape index (κ3) is 3.40. The van der Waals surface area contributed by atoms with Crippen molar-refractivity contribution >= 4 is 34.7 Å². The highest BCUT2D eigenvalue weighted by Crippen LogP contribution is 2.24. The summed E-state index contributed by atoms with van der Waals surface area (Å²) in [7, 11) is 0. The lowest BCUT2D eigenvalue weighted by Gasteiger charge is -2.05. The summed E-state index contributed by atoms with van der Waals surface area (Å²) < 4.78 is 5.62. The van der Waals surface area contributed by atoms with Gasteiger partial charge in [0, 0.05) is 5.02 Å². The molecule has 0 heterocycles.